The third kappa shape index (κ3) is 4.27. The molecule has 3 rings (SSSR count). The molecule has 0 saturated carbocycles. The van der Waals surface area contributed by atoms with Crippen molar-refractivity contribution in [2.45, 2.75) is 33.2 Å². The number of carbonyl (C=O) groups is 1. The van der Waals surface area contributed by atoms with Crippen molar-refractivity contribution in [1.29, 1.82) is 0 Å². The fraction of sp³-hybridized carbons (Fsp3) is 0.250. The van der Waals surface area contributed by atoms with E-state index in [0.29, 0.717) is 5.69 Å². The van der Waals surface area contributed by atoms with Gasteiger partial charge in [0.15, 0.2) is 0 Å². The number of aromatic nitrogens is 3. The second-order valence-electron chi connectivity index (χ2n) is 6.46. The largest absolute Gasteiger partial charge is 0.335 e. The number of hydrogen-bond donors (Lipinski definition) is 2. The lowest BCUT2D eigenvalue weighted by Gasteiger charge is -2.14. The Bertz CT molecular complexity index is 888. The van der Waals surface area contributed by atoms with E-state index in [1.807, 2.05) is 62.0 Å². The average Bonchev–Trinajstić information content (AvgIpc) is 2.96. The van der Waals surface area contributed by atoms with E-state index in [1.165, 1.54) is 0 Å². The normalized spacial score (nSPS) is 11.8. The number of anilines is 1. The summed E-state index contributed by atoms with van der Waals surface area (Å²) in [5, 5.41) is 10.2. The summed E-state index contributed by atoms with van der Waals surface area (Å²) in [7, 11) is 0. The summed E-state index contributed by atoms with van der Waals surface area (Å²) in [6.07, 6.45) is 5.95. The van der Waals surface area contributed by atoms with E-state index >= 15 is 0 Å². The molecular weight excluding hydrogens is 326 g/mol. The first-order chi connectivity index (χ1) is 12.5. The second kappa shape index (κ2) is 7.82. The lowest BCUT2D eigenvalue weighted by Crippen LogP contribution is -2.37. The van der Waals surface area contributed by atoms with Gasteiger partial charge in [-0.15, -0.1) is 0 Å². The number of nitrogens with zero attached hydrogens (tertiary/aromatic N) is 3. The molecule has 3 aromatic rings. The van der Waals surface area contributed by atoms with Crippen LogP contribution in [0.25, 0.3) is 5.69 Å². The number of nitrogens with one attached hydrogen (secondary N) is 2. The molecule has 26 heavy (non-hydrogen) atoms. The van der Waals surface area contributed by atoms with E-state index in [2.05, 4.69) is 26.8 Å². The zero-order valence-corrected chi connectivity index (χ0v) is 15.2. The number of aryl methyl sites for hydroxylation is 1. The summed E-state index contributed by atoms with van der Waals surface area (Å²) in [5.74, 6) is 0. The van der Waals surface area contributed by atoms with E-state index in [0.717, 1.165) is 28.9 Å². The summed E-state index contributed by atoms with van der Waals surface area (Å²) in [5.41, 5.74) is 4.79. The molecular formula is C20H23N5O. The predicted molar refractivity (Wildman–Crippen MR) is 103 cm³/mol. The lowest BCUT2D eigenvalue weighted by atomic mass is 10.1. The van der Waals surface area contributed by atoms with Crippen LogP contribution in [0.1, 0.15) is 23.7 Å². The highest BCUT2D eigenvalue weighted by Gasteiger charge is 2.13. The van der Waals surface area contributed by atoms with Crippen molar-refractivity contribution in [3.05, 3.63) is 71.8 Å². The van der Waals surface area contributed by atoms with Gasteiger partial charge < -0.3 is 10.6 Å². The molecule has 2 N–H and O–H groups in total. The molecule has 6 heteroatoms. The Balaban J connectivity index is 1.63. The number of benzene rings is 1. The summed E-state index contributed by atoms with van der Waals surface area (Å²) >= 11 is 0. The van der Waals surface area contributed by atoms with Gasteiger partial charge in [-0.3, -0.25) is 4.98 Å². The molecule has 6 nitrogen and oxygen atoms in total. The molecule has 2 aromatic heterocycles. The summed E-state index contributed by atoms with van der Waals surface area (Å²) in [6.45, 7) is 5.94. The Hall–Kier alpha value is -3.15. The van der Waals surface area contributed by atoms with E-state index in [-0.39, 0.29) is 12.1 Å². The minimum Gasteiger partial charge on any atom is -0.335 e. The van der Waals surface area contributed by atoms with Crippen molar-refractivity contribution in [3.63, 3.8) is 0 Å². The Morgan fingerprint density at radius 3 is 2.77 bits per heavy atom. The monoisotopic (exact) mass is 349 g/mol. The van der Waals surface area contributed by atoms with Crippen LogP contribution >= 0.6 is 0 Å². The topological polar surface area (TPSA) is 71.8 Å². The highest BCUT2D eigenvalue weighted by atomic mass is 16.2. The van der Waals surface area contributed by atoms with Crippen molar-refractivity contribution < 1.29 is 4.79 Å². The predicted octanol–water partition coefficient (Wildman–Crippen LogP) is 3.64. The van der Waals surface area contributed by atoms with E-state index in [1.54, 1.807) is 12.4 Å². The highest BCUT2D eigenvalue weighted by molar-refractivity contribution is 5.90. The molecule has 1 atom stereocenters. The second-order valence-corrected chi connectivity index (χ2v) is 6.46. The smallest absolute Gasteiger partial charge is 0.319 e. The fourth-order valence-corrected chi connectivity index (χ4v) is 2.86. The third-order valence-corrected chi connectivity index (χ3v) is 4.15. The minimum absolute atomic E-state index is 0.00803. The first kappa shape index (κ1) is 17.7. The molecule has 1 aromatic carbocycles. The van der Waals surface area contributed by atoms with Crippen molar-refractivity contribution in [2.24, 2.45) is 0 Å². The number of urea groups is 1. The highest BCUT2D eigenvalue weighted by Crippen LogP contribution is 2.19. The molecule has 134 valence electrons. The third-order valence-electron chi connectivity index (χ3n) is 4.15. The fourth-order valence-electron chi connectivity index (χ4n) is 2.86. The zero-order valence-electron chi connectivity index (χ0n) is 15.2. The Labute approximate surface area is 153 Å². The first-order valence-electron chi connectivity index (χ1n) is 8.61. The maximum Gasteiger partial charge on any atom is 0.319 e. The van der Waals surface area contributed by atoms with Crippen LogP contribution in [0, 0.1) is 13.8 Å². The number of rotatable bonds is 5. The standard InChI is InChI=1S/C20H23N5O/c1-14-6-4-8-18(10-14)25-16(3)19(13-22-25)24-20(26)23-15(2)11-17-7-5-9-21-12-17/h4-10,12-13,15H,11H2,1-3H3,(H2,23,24,26). The number of carbonyl (C=O) groups excluding carboxylic acids is 1. The van der Waals surface area contributed by atoms with Crippen molar-refractivity contribution in [1.82, 2.24) is 20.1 Å². The van der Waals surface area contributed by atoms with E-state index in [9.17, 15) is 4.79 Å². The Morgan fingerprint density at radius 2 is 2.04 bits per heavy atom. The molecule has 1 unspecified atom stereocenters. The summed E-state index contributed by atoms with van der Waals surface area (Å²) < 4.78 is 1.82. The molecule has 0 aliphatic carbocycles. The van der Waals surface area contributed by atoms with Gasteiger partial charge in [-0.1, -0.05) is 18.2 Å². The molecule has 2 heterocycles. The maximum absolute atomic E-state index is 12.3. The molecule has 2 amide bonds. The molecule has 0 radical (unpaired) electrons. The van der Waals surface area contributed by atoms with Crippen LogP contribution in [0.3, 0.4) is 0 Å². The summed E-state index contributed by atoms with van der Waals surface area (Å²) in [6, 6.07) is 11.7. The van der Waals surface area contributed by atoms with Crippen molar-refractivity contribution in [3.8, 4) is 5.69 Å². The zero-order chi connectivity index (χ0) is 18.5. The molecule has 0 aliphatic rings. The van der Waals surface area contributed by atoms with Gasteiger partial charge in [0, 0.05) is 18.4 Å². The number of pyridine rings is 1. The van der Waals surface area contributed by atoms with E-state index < -0.39 is 0 Å². The van der Waals surface area contributed by atoms with Crippen LogP contribution in [0.5, 0.6) is 0 Å². The molecule has 0 fully saturated rings. The van der Waals surface area contributed by atoms with Crippen LogP contribution in [-0.4, -0.2) is 26.8 Å². The lowest BCUT2D eigenvalue weighted by molar-refractivity contribution is 0.249. The van der Waals surface area contributed by atoms with Crippen LogP contribution in [0.2, 0.25) is 0 Å². The van der Waals surface area contributed by atoms with Crippen LogP contribution in [0.4, 0.5) is 10.5 Å². The molecule has 0 saturated heterocycles. The Morgan fingerprint density at radius 1 is 1.19 bits per heavy atom. The minimum atomic E-state index is -0.242. The summed E-state index contributed by atoms with van der Waals surface area (Å²) in [4.78, 5) is 16.4. The van der Waals surface area contributed by atoms with Gasteiger partial charge in [0.25, 0.3) is 0 Å². The van der Waals surface area contributed by atoms with Crippen molar-refractivity contribution >= 4 is 11.7 Å². The molecule has 0 aliphatic heterocycles. The van der Waals surface area contributed by atoms with Crippen LogP contribution in [0.15, 0.2) is 55.0 Å². The Kier molecular flexibility index (Phi) is 5.31. The maximum atomic E-state index is 12.3. The van der Waals surface area contributed by atoms with Gasteiger partial charge in [0.05, 0.1) is 23.3 Å². The number of amides is 2. The van der Waals surface area contributed by atoms with Gasteiger partial charge in [-0.05, 0) is 56.5 Å². The van der Waals surface area contributed by atoms with Crippen molar-refractivity contribution in [2.75, 3.05) is 5.32 Å². The van der Waals surface area contributed by atoms with Gasteiger partial charge in [-0.2, -0.15) is 5.10 Å². The van der Waals surface area contributed by atoms with Gasteiger partial charge in [0.1, 0.15) is 0 Å². The van der Waals surface area contributed by atoms with Gasteiger partial charge >= 0.3 is 6.03 Å². The quantitative estimate of drug-likeness (QED) is 0.739. The van der Waals surface area contributed by atoms with Crippen LogP contribution < -0.4 is 10.6 Å². The average molecular weight is 349 g/mol. The number of hydrogen-bond acceptors (Lipinski definition) is 3. The molecule has 0 spiro atoms. The first-order valence-corrected chi connectivity index (χ1v) is 8.61. The SMILES string of the molecule is Cc1cccc(-n2ncc(NC(=O)NC(C)Cc3cccnc3)c2C)c1. The van der Waals surface area contributed by atoms with E-state index in [4.69, 9.17) is 0 Å². The van der Waals surface area contributed by atoms with Crippen LogP contribution in [-0.2, 0) is 6.42 Å². The van der Waals surface area contributed by atoms with Gasteiger partial charge in [-0.25, -0.2) is 9.48 Å². The molecule has 0 bridgehead atoms. The van der Waals surface area contributed by atoms with Gasteiger partial charge in [0.2, 0.25) is 0 Å².